The molecule has 2 N–H and O–H groups in total. The molecule has 1 atom stereocenters. The summed E-state index contributed by atoms with van der Waals surface area (Å²) in [4.78, 5) is 0. The van der Waals surface area contributed by atoms with Gasteiger partial charge in [0.05, 0.1) is 0 Å². The molecule has 20 heavy (non-hydrogen) atoms. The van der Waals surface area contributed by atoms with Crippen LogP contribution in [-0.4, -0.2) is 24.6 Å². The van der Waals surface area contributed by atoms with Crippen LogP contribution in [0.4, 0.5) is 0 Å². The zero-order valence-corrected chi connectivity index (χ0v) is 14.4. The van der Waals surface area contributed by atoms with Crippen LogP contribution in [0.5, 0.6) is 0 Å². The van der Waals surface area contributed by atoms with E-state index in [0.29, 0.717) is 17.7 Å². The minimum atomic E-state index is -1.82. The second-order valence-corrected chi connectivity index (χ2v) is 12.2. The maximum Gasteiger partial charge on any atom is 0.243 e. The van der Waals surface area contributed by atoms with Crippen molar-refractivity contribution in [3.05, 3.63) is 11.8 Å². The summed E-state index contributed by atoms with van der Waals surface area (Å²) in [7, 11) is -1.82. The number of nitrogens with two attached hydrogens (primary N) is 1. The van der Waals surface area contributed by atoms with Gasteiger partial charge in [0.1, 0.15) is 6.10 Å². The Balaban J connectivity index is 2.01. The molecule has 0 spiro atoms. The fraction of sp³-hybridized carbons (Fsp3) is 0.857. The molecule has 1 saturated carbocycles. The van der Waals surface area contributed by atoms with E-state index in [1.807, 2.05) is 6.92 Å². The van der Waals surface area contributed by atoms with Crippen LogP contribution in [0.1, 0.15) is 64.3 Å². The third-order valence-corrected chi connectivity index (χ3v) is 9.16. The van der Waals surface area contributed by atoms with Gasteiger partial charge in [-0.3, -0.25) is 0 Å². The summed E-state index contributed by atoms with van der Waals surface area (Å²) in [6.07, 6.45) is 1.74. The first-order valence-electron chi connectivity index (χ1n) is 7.37. The molecule has 1 fully saturated rings. The molecule has 0 amide bonds. The Labute approximate surface area is 122 Å². The van der Waals surface area contributed by atoms with Crippen molar-refractivity contribution >= 4 is 8.32 Å². The van der Waals surface area contributed by atoms with Gasteiger partial charge < -0.3 is 14.6 Å². The molecule has 1 aromatic heterocycles. The summed E-state index contributed by atoms with van der Waals surface area (Å²) >= 11 is 0. The van der Waals surface area contributed by atoms with Crippen molar-refractivity contribution < 1.29 is 8.84 Å². The molecule has 1 heterocycles. The van der Waals surface area contributed by atoms with Gasteiger partial charge in [0.25, 0.3) is 0 Å². The van der Waals surface area contributed by atoms with E-state index >= 15 is 0 Å². The Bertz CT molecular complexity index is 461. The van der Waals surface area contributed by atoms with E-state index in [9.17, 15) is 0 Å². The predicted octanol–water partition coefficient (Wildman–Crippen LogP) is 3.36. The highest BCUT2D eigenvalue weighted by molar-refractivity contribution is 6.74. The van der Waals surface area contributed by atoms with Crippen LogP contribution in [0.3, 0.4) is 0 Å². The van der Waals surface area contributed by atoms with Crippen molar-refractivity contribution in [3.63, 3.8) is 0 Å². The molecule has 114 valence electrons. The van der Waals surface area contributed by atoms with E-state index in [-0.39, 0.29) is 17.2 Å². The van der Waals surface area contributed by atoms with Crippen LogP contribution in [0.2, 0.25) is 18.1 Å². The van der Waals surface area contributed by atoms with Crippen LogP contribution >= 0.6 is 0 Å². The molecule has 0 aromatic carbocycles. The van der Waals surface area contributed by atoms with Gasteiger partial charge in [-0.1, -0.05) is 20.8 Å². The summed E-state index contributed by atoms with van der Waals surface area (Å²) in [6, 6.07) is 0.288. The zero-order valence-electron chi connectivity index (χ0n) is 13.4. The minimum absolute atomic E-state index is 0.147. The van der Waals surface area contributed by atoms with Crippen LogP contribution < -0.4 is 5.73 Å². The van der Waals surface area contributed by atoms with Gasteiger partial charge in [-0.25, -0.2) is 0 Å². The van der Waals surface area contributed by atoms with Crippen molar-refractivity contribution in [2.45, 2.75) is 76.7 Å². The van der Waals surface area contributed by atoms with Crippen LogP contribution in [-0.2, 0) is 4.43 Å². The average Bonchev–Trinajstić information content (AvgIpc) is 2.71. The number of nitrogens with zero attached hydrogens (tertiary/aromatic N) is 2. The summed E-state index contributed by atoms with van der Waals surface area (Å²) in [5, 5.41) is 8.47. The van der Waals surface area contributed by atoms with Crippen LogP contribution in [0.25, 0.3) is 0 Å². The lowest BCUT2D eigenvalue weighted by Gasteiger charge is -2.37. The van der Waals surface area contributed by atoms with Crippen molar-refractivity contribution in [1.82, 2.24) is 10.2 Å². The molecule has 1 aliphatic carbocycles. The van der Waals surface area contributed by atoms with Crippen molar-refractivity contribution in [1.29, 1.82) is 0 Å². The molecule has 1 aliphatic rings. The van der Waals surface area contributed by atoms with E-state index in [4.69, 9.17) is 14.6 Å². The van der Waals surface area contributed by atoms with Gasteiger partial charge in [0.2, 0.25) is 11.8 Å². The fourth-order valence-electron chi connectivity index (χ4n) is 2.11. The molecule has 0 radical (unpaired) electrons. The maximum absolute atomic E-state index is 6.27. The van der Waals surface area contributed by atoms with Crippen LogP contribution in [0, 0.1) is 0 Å². The number of hydrogen-bond donors (Lipinski definition) is 1. The largest absolute Gasteiger partial charge is 0.422 e. The lowest BCUT2D eigenvalue weighted by Crippen LogP contribution is -2.41. The Morgan fingerprint density at radius 3 is 2.40 bits per heavy atom. The smallest absolute Gasteiger partial charge is 0.243 e. The third-order valence-electron chi connectivity index (χ3n) is 4.61. The summed E-state index contributed by atoms with van der Waals surface area (Å²) < 4.78 is 12.0. The standard InChI is InChI=1S/C14H27N3O2Si/c1-9(19-20(5,6)14(2,3)4)12-16-17-13(18-12)10-7-11(15)8-10/h9-11H,7-8,15H2,1-6H3/t9?,10-,11-. The van der Waals surface area contributed by atoms with Crippen molar-refractivity contribution in [2.75, 3.05) is 0 Å². The maximum atomic E-state index is 6.27. The second kappa shape index (κ2) is 5.24. The lowest BCUT2D eigenvalue weighted by atomic mass is 9.81. The van der Waals surface area contributed by atoms with Crippen LogP contribution in [0.15, 0.2) is 4.42 Å². The monoisotopic (exact) mass is 297 g/mol. The fourth-order valence-corrected chi connectivity index (χ4v) is 3.45. The zero-order chi connectivity index (χ0) is 15.1. The number of hydrogen-bond acceptors (Lipinski definition) is 5. The molecule has 5 nitrogen and oxygen atoms in total. The molecule has 1 aromatic rings. The molecule has 0 aliphatic heterocycles. The number of rotatable bonds is 4. The highest BCUT2D eigenvalue weighted by atomic mass is 28.4. The SMILES string of the molecule is CC(O[Si](C)(C)C(C)(C)C)c1nnc([C@H]2C[C@H](N)C2)o1. The minimum Gasteiger partial charge on any atom is -0.422 e. The predicted molar refractivity (Wildman–Crippen MR) is 80.9 cm³/mol. The molecular weight excluding hydrogens is 270 g/mol. The molecule has 0 bridgehead atoms. The second-order valence-electron chi connectivity index (χ2n) is 7.43. The summed E-state index contributed by atoms with van der Waals surface area (Å²) in [6.45, 7) is 13.1. The van der Waals surface area contributed by atoms with E-state index in [0.717, 1.165) is 12.8 Å². The topological polar surface area (TPSA) is 74.2 Å². The van der Waals surface area contributed by atoms with Gasteiger partial charge in [0, 0.05) is 12.0 Å². The Hall–Kier alpha value is -0.723. The number of aromatic nitrogens is 2. The van der Waals surface area contributed by atoms with Gasteiger partial charge in [-0.2, -0.15) is 0 Å². The first kappa shape index (κ1) is 15.7. The van der Waals surface area contributed by atoms with E-state index in [2.05, 4.69) is 44.1 Å². The molecule has 2 rings (SSSR count). The first-order valence-corrected chi connectivity index (χ1v) is 10.3. The third kappa shape index (κ3) is 3.12. The van der Waals surface area contributed by atoms with Gasteiger partial charge in [-0.05, 0) is 37.9 Å². The molecular formula is C14H27N3O2Si. The highest BCUT2D eigenvalue weighted by Crippen LogP contribution is 2.40. The van der Waals surface area contributed by atoms with E-state index < -0.39 is 8.32 Å². The highest BCUT2D eigenvalue weighted by Gasteiger charge is 2.40. The molecule has 1 unspecified atom stereocenters. The van der Waals surface area contributed by atoms with Gasteiger partial charge >= 0.3 is 0 Å². The molecule has 6 heteroatoms. The average molecular weight is 297 g/mol. The quantitative estimate of drug-likeness (QED) is 0.863. The van der Waals surface area contributed by atoms with Gasteiger partial charge in [0.15, 0.2) is 8.32 Å². The Kier molecular flexibility index (Phi) is 4.10. The summed E-state index contributed by atoms with van der Waals surface area (Å²) in [5.41, 5.74) is 5.79. The van der Waals surface area contributed by atoms with Gasteiger partial charge in [-0.15, -0.1) is 10.2 Å². The normalized spacial score (nSPS) is 25.4. The van der Waals surface area contributed by atoms with Crippen molar-refractivity contribution in [3.8, 4) is 0 Å². The van der Waals surface area contributed by atoms with E-state index in [1.165, 1.54) is 0 Å². The summed E-state index contributed by atoms with van der Waals surface area (Å²) in [5.74, 6) is 1.64. The lowest BCUT2D eigenvalue weighted by molar-refractivity contribution is 0.162. The Morgan fingerprint density at radius 1 is 1.30 bits per heavy atom. The first-order chi connectivity index (χ1) is 9.10. The van der Waals surface area contributed by atoms with E-state index in [1.54, 1.807) is 0 Å². The Morgan fingerprint density at radius 2 is 1.90 bits per heavy atom. The molecule has 0 saturated heterocycles. The van der Waals surface area contributed by atoms with Crippen molar-refractivity contribution in [2.24, 2.45) is 5.73 Å².